The number of hydrogen-bond acceptors (Lipinski definition) is 2. The van der Waals surface area contributed by atoms with E-state index in [2.05, 4.69) is 36.2 Å². The molecule has 0 bridgehead atoms. The summed E-state index contributed by atoms with van der Waals surface area (Å²) in [6, 6.07) is 6.20. The Kier molecular flexibility index (Phi) is 6.56. The van der Waals surface area contributed by atoms with Crippen LogP contribution in [0.15, 0.2) is 18.2 Å². The van der Waals surface area contributed by atoms with E-state index in [1.807, 2.05) is 13.0 Å². The van der Waals surface area contributed by atoms with Crippen LogP contribution in [0, 0.1) is 6.92 Å². The Hall–Kier alpha value is -0.570. The van der Waals surface area contributed by atoms with E-state index in [9.17, 15) is 0 Å². The third kappa shape index (κ3) is 5.07. The zero-order valence-electron chi connectivity index (χ0n) is 11.1. The molecule has 0 aliphatic carbocycles. The van der Waals surface area contributed by atoms with Gasteiger partial charge in [0.1, 0.15) is 0 Å². The van der Waals surface area contributed by atoms with E-state index < -0.39 is 0 Å². The Morgan fingerprint density at radius 3 is 2.53 bits per heavy atom. The van der Waals surface area contributed by atoms with Gasteiger partial charge in [-0.05, 0) is 37.2 Å². The van der Waals surface area contributed by atoms with E-state index in [-0.39, 0.29) is 0 Å². The lowest BCUT2D eigenvalue weighted by atomic mass is 10.1. The van der Waals surface area contributed by atoms with Crippen LogP contribution in [0.25, 0.3) is 0 Å². The number of benzene rings is 1. The zero-order chi connectivity index (χ0) is 12.7. The molecular weight excluding hydrogens is 232 g/mol. The van der Waals surface area contributed by atoms with E-state index in [1.54, 1.807) is 0 Å². The molecular formula is C14H23ClN2. The summed E-state index contributed by atoms with van der Waals surface area (Å²) in [5.41, 5.74) is 2.45. The van der Waals surface area contributed by atoms with E-state index in [0.29, 0.717) is 0 Å². The van der Waals surface area contributed by atoms with Crippen molar-refractivity contribution < 1.29 is 0 Å². The first-order chi connectivity index (χ1) is 8.17. The maximum absolute atomic E-state index is 5.99. The fourth-order valence-electron chi connectivity index (χ4n) is 1.83. The van der Waals surface area contributed by atoms with Crippen LogP contribution in [-0.4, -0.2) is 31.1 Å². The number of halogens is 1. The van der Waals surface area contributed by atoms with Gasteiger partial charge in [0.25, 0.3) is 0 Å². The maximum atomic E-state index is 5.99. The van der Waals surface area contributed by atoms with Gasteiger partial charge in [0.2, 0.25) is 0 Å². The number of aryl methyl sites for hydroxylation is 1. The predicted octanol–water partition coefficient (Wildman–Crippen LogP) is 3.08. The van der Waals surface area contributed by atoms with Crippen molar-refractivity contribution in [1.29, 1.82) is 0 Å². The summed E-state index contributed by atoms with van der Waals surface area (Å²) in [4.78, 5) is 2.42. The van der Waals surface area contributed by atoms with Crippen LogP contribution in [0.3, 0.4) is 0 Å². The van der Waals surface area contributed by atoms with Crippen LogP contribution < -0.4 is 5.32 Å². The minimum atomic E-state index is 0.844. The lowest BCUT2D eigenvalue weighted by Gasteiger charge is -2.18. The molecule has 0 aromatic heterocycles. The van der Waals surface area contributed by atoms with Gasteiger partial charge < -0.3 is 10.2 Å². The molecule has 0 heterocycles. The van der Waals surface area contributed by atoms with Crippen molar-refractivity contribution in [2.75, 3.05) is 26.2 Å². The highest BCUT2D eigenvalue weighted by atomic mass is 35.5. The largest absolute Gasteiger partial charge is 0.311 e. The lowest BCUT2D eigenvalue weighted by molar-refractivity contribution is 0.302. The molecule has 0 fully saturated rings. The molecule has 0 spiro atoms. The minimum absolute atomic E-state index is 0.844. The third-order valence-corrected chi connectivity index (χ3v) is 3.47. The summed E-state index contributed by atoms with van der Waals surface area (Å²) < 4.78 is 0. The molecule has 3 heteroatoms. The van der Waals surface area contributed by atoms with E-state index in [4.69, 9.17) is 11.6 Å². The second kappa shape index (κ2) is 7.70. The summed E-state index contributed by atoms with van der Waals surface area (Å²) in [5.74, 6) is 0. The van der Waals surface area contributed by atoms with Gasteiger partial charge in [-0.25, -0.2) is 0 Å². The standard InChI is InChI=1S/C14H23ClN2/c1-4-17(5-2)9-8-16-11-13-6-7-14(15)12(3)10-13/h6-7,10,16H,4-5,8-9,11H2,1-3H3. The zero-order valence-corrected chi connectivity index (χ0v) is 11.8. The molecule has 0 unspecified atom stereocenters. The topological polar surface area (TPSA) is 15.3 Å². The van der Waals surface area contributed by atoms with Crippen molar-refractivity contribution in [3.05, 3.63) is 34.3 Å². The normalized spacial score (nSPS) is 11.1. The van der Waals surface area contributed by atoms with E-state index in [1.165, 1.54) is 5.56 Å². The van der Waals surface area contributed by atoms with Crippen molar-refractivity contribution in [2.24, 2.45) is 0 Å². The van der Waals surface area contributed by atoms with Crippen LogP contribution in [-0.2, 0) is 6.54 Å². The summed E-state index contributed by atoms with van der Waals surface area (Å²) in [7, 11) is 0. The quantitative estimate of drug-likeness (QED) is 0.753. The Balaban J connectivity index is 2.28. The number of likely N-dealkylation sites (N-methyl/N-ethyl adjacent to an activating group) is 1. The molecule has 0 radical (unpaired) electrons. The molecule has 1 rings (SSSR count). The van der Waals surface area contributed by atoms with Crippen molar-refractivity contribution in [3.63, 3.8) is 0 Å². The first-order valence-electron chi connectivity index (χ1n) is 6.35. The van der Waals surface area contributed by atoms with Crippen LogP contribution in [0.5, 0.6) is 0 Å². The number of rotatable bonds is 7. The highest BCUT2D eigenvalue weighted by Gasteiger charge is 1.99. The molecule has 0 aliphatic rings. The van der Waals surface area contributed by atoms with Gasteiger partial charge in [0.05, 0.1) is 0 Å². The molecule has 2 nitrogen and oxygen atoms in total. The van der Waals surface area contributed by atoms with Crippen molar-refractivity contribution in [2.45, 2.75) is 27.3 Å². The lowest BCUT2D eigenvalue weighted by Crippen LogP contribution is -2.31. The van der Waals surface area contributed by atoms with Gasteiger partial charge >= 0.3 is 0 Å². The molecule has 0 atom stereocenters. The Labute approximate surface area is 110 Å². The Morgan fingerprint density at radius 2 is 1.94 bits per heavy atom. The van der Waals surface area contributed by atoms with Gasteiger partial charge in [-0.1, -0.05) is 37.6 Å². The third-order valence-electron chi connectivity index (χ3n) is 3.05. The minimum Gasteiger partial charge on any atom is -0.311 e. The van der Waals surface area contributed by atoms with Crippen molar-refractivity contribution in [1.82, 2.24) is 10.2 Å². The first-order valence-corrected chi connectivity index (χ1v) is 6.73. The van der Waals surface area contributed by atoms with Crippen LogP contribution in [0.1, 0.15) is 25.0 Å². The number of hydrogen-bond donors (Lipinski definition) is 1. The smallest absolute Gasteiger partial charge is 0.0435 e. The first kappa shape index (κ1) is 14.5. The SMILES string of the molecule is CCN(CC)CCNCc1ccc(Cl)c(C)c1. The highest BCUT2D eigenvalue weighted by molar-refractivity contribution is 6.31. The molecule has 0 aliphatic heterocycles. The highest BCUT2D eigenvalue weighted by Crippen LogP contribution is 2.15. The van der Waals surface area contributed by atoms with Crippen LogP contribution in [0.4, 0.5) is 0 Å². The molecule has 96 valence electrons. The maximum Gasteiger partial charge on any atom is 0.0435 e. The van der Waals surface area contributed by atoms with E-state index in [0.717, 1.165) is 43.3 Å². The summed E-state index contributed by atoms with van der Waals surface area (Å²) in [6.45, 7) is 11.7. The monoisotopic (exact) mass is 254 g/mol. The second-order valence-corrected chi connectivity index (χ2v) is 4.69. The number of nitrogens with zero attached hydrogens (tertiary/aromatic N) is 1. The number of nitrogens with one attached hydrogen (secondary N) is 1. The molecule has 17 heavy (non-hydrogen) atoms. The van der Waals surface area contributed by atoms with Crippen LogP contribution in [0.2, 0.25) is 5.02 Å². The molecule has 1 aromatic rings. The van der Waals surface area contributed by atoms with Crippen molar-refractivity contribution in [3.8, 4) is 0 Å². The molecule has 1 aromatic carbocycles. The fourth-order valence-corrected chi connectivity index (χ4v) is 1.94. The summed E-state index contributed by atoms with van der Waals surface area (Å²) in [5, 5.41) is 4.31. The molecule has 0 saturated heterocycles. The molecule has 0 amide bonds. The fraction of sp³-hybridized carbons (Fsp3) is 0.571. The van der Waals surface area contributed by atoms with Crippen molar-refractivity contribution >= 4 is 11.6 Å². The predicted molar refractivity (Wildman–Crippen MR) is 75.7 cm³/mol. The average Bonchev–Trinajstić information content (AvgIpc) is 2.34. The van der Waals surface area contributed by atoms with Crippen LogP contribution >= 0.6 is 11.6 Å². The summed E-state index contributed by atoms with van der Waals surface area (Å²) in [6.07, 6.45) is 0. The Morgan fingerprint density at radius 1 is 1.24 bits per heavy atom. The Bertz CT molecular complexity index is 335. The van der Waals surface area contributed by atoms with Gasteiger partial charge in [-0.3, -0.25) is 0 Å². The second-order valence-electron chi connectivity index (χ2n) is 4.29. The van der Waals surface area contributed by atoms with Gasteiger partial charge in [-0.15, -0.1) is 0 Å². The van der Waals surface area contributed by atoms with E-state index >= 15 is 0 Å². The molecule has 1 N–H and O–H groups in total. The van der Waals surface area contributed by atoms with Gasteiger partial charge in [0.15, 0.2) is 0 Å². The van der Waals surface area contributed by atoms with Gasteiger partial charge in [0, 0.05) is 24.7 Å². The average molecular weight is 255 g/mol. The molecule has 0 saturated carbocycles. The van der Waals surface area contributed by atoms with Gasteiger partial charge in [-0.2, -0.15) is 0 Å². The summed E-state index contributed by atoms with van der Waals surface area (Å²) >= 11 is 5.99.